The van der Waals surface area contributed by atoms with Gasteiger partial charge >= 0.3 is 0 Å². The normalized spacial score (nSPS) is 18.5. The summed E-state index contributed by atoms with van der Waals surface area (Å²) in [5.41, 5.74) is 0.794. The first-order valence-electron chi connectivity index (χ1n) is 7.05. The first-order valence-corrected chi connectivity index (χ1v) is 7.05. The lowest BCUT2D eigenvalue weighted by atomic mass is 9.76. The fourth-order valence-corrected chi connectivity index (χ4v) is 3.11. The van der Waals surface area contributed by atoms with Crippen molar-refractivity contribution < 1.29 is 14.9 Å². The van der Waals surface area contributed by atoms with E-state index in [0.29, 0.717) is 12.3 Å². The van der Waals surface area contributed by atoms with Crippen LogP contribution in [0.2, 0.25) is 0 Å². The van der Waals surface area contributed by atoms with Crippen LogP contribution in [0, 0.1) is 11.3 Å². The molecule has 2 rings (SSSR count). The molecule has 0 fully saturated rings. The average Bonchev–Trinajstić information content (AvgIpc) is 2.79. The maximum atomic E-state index is 9.69. The van der Waals surface area contributed by atoms with Crippen LogP contribution in [0.3, 0.4) is 0 Å². The zero-order valence-electron chi connectivity index (χ0n) is 11.8. The van der Waals surface area contributed by atoms with Gasteiger partial charge in [0.05, 0.1) is 13.2 Å². The van der Waals surface area contributed by atoms with E-state index in [1.54, 1.807) is 0 Å². The number of benzene rings is 1. The van der Waals surface area contributed by atoms with Gasteiger partial charge in [-0.1, -0.05) is 32.0 Å². The van der Waals surface area contributed by atoms with Crippen molar-refractivity contribution in [1.29, 1.82) is 0 Å². The van der Waals surface area contributed by atoms with Gasteiger partial charge in [-0.15, -0.1) is 0 Å². The Morgan fingerprint density at radius 1 is 1.26 bits per heavy atom. The highest BCUT2D eigenvalue weighted by Gasteiger charge is 2.36. The van der Waals surface area contributed by atoms with Crippen molar-refractivity contribution in [3.8, 4) is 5.75 Å². The lowest BCUT2D eigenvalue weighted by molar-refractivity contribution is 0.00328. The van der Waals surface area contributed by atoms with Gasteiger partial charge in [0.25, 0.3) is 0 Å². The van der Waals surface area contributed by atoms with Crippen LogP contribution in [0.5, 0.6) is 5.75 Å². The summed E-state index contributed by atoms with van der Waals surface area (Å²) in [6, 6.07) is 8.05. The van der Waals surface area contributed by atoms with E-state index in [0.717, 1.165) is 18.6 Å². The number of aliphatic hydroxyl groups is 2. The number of para-hydroxylation sites is 1. The molecule has 0 amide bonds. The summed E-state index contributed by atoms with van der Waals surface area (Å²) in [4.78, 5) is 0. The van der Waals surface area contributed by atoms with Crippen LogP contribution in [-0.4, -0.2) is 29.5 Å². The van der Waals surface area contributed by atoms with Crippen molar-refractivity contribution in [1.82, 2.24) is 0 Å². The largest absolute Gasteiger partial charge is 0.490 e. The van der Waals surface area contributed by atoms with E-state index in [9.17, 15) is 10.2 Å². The average molecular weight is 264 g/mol. The molecule has 1 atom stereocenters. The fourth-order valence-electron chi connectivity index (χ4n) is 3.11. The predicted molar refractivity (Wildman–Crippen MR) is 75.2 cm³/mol. The van der Waals surface area contributed by atoms with Gasteiger partial charge in [-0.25, -0.2) is 0 Å². The Morgan fingerprint density at radius 2 is 1.95 bits per heavy atom. The molecule has 3 heteroatoms. The number of hydrogen-bond donors (Lipinski definition) is 2. The van der Waals surface area contributed by atoms with Crippen LogP contribution in [0.4, 0.5) is 0 Å². The summed E-state index contributed by atoms with van der Waals surface area (Å²) in [5.74, 6) is 1.39. The van der Waals surface area contributed by atoms with E-state index in [1.807, 2.05) is 18.2 Å². The van der Waals surface area contributed by atoms with Gasteiger partial charge in [0.1, 0.15) is 11.9 Å². The molecule has 0 saturated heterocycles. The van der Waals surface area contributed by atoms with E-state index in [-0.39, 0.29) is 19.3 Å². The molecule has 0 aromatic heterocycles. The summed E-state index contributed by atoms with van der Waals surface area (Å²) >= 11 is 0. The fraction of sp³-hybridized carbons (Fsp3) is 0.625. The molecule has 1 aromatic rings. The van der Waals surface area contributed by atoms with Crippen molar-refractivity contribution >= 4 is 0 Å². The van der Waals surface area contributed by atoms with Gasteiger partial charge in [-0.05, 0) is 30.4 Å². The molecule has 0 bridgehead atoms. The SMILES string of the molecule is CC(C)CC(CO)(CO)CC1Cc2ccccc2O1. The molecule has 0 aliphatic carbocycles. The summed E-state index contributed by atoms with van der Waals surface area (Å²) in [7, 11) is 0. The van der Waals surface area contributed by atoms with Crippen LogP contribution >= 0.6 is 0 Å². The first-order chi connectivity index (χ1) is 9.08. The summed E-state index contributed by atoms with van der Waals surface area (Å²) in [6.45, 7) is 4.25. The molecular weight excluding hydrogens is 240 g/mol. The monoisotopic (exact) mass is 264 g/mol. The third kappa shape index (κ3) is 3.28. The third-order valence-electron chi connectivity index (χ3n) is 3.89. The zero-order chi connectivity index (χ0) is 13.9. The Bertz CT molecular complexity index is 385. The lowest BCUT2D eigenvalue weighted by Crippen LogP contribution is -2.36. The number of ether oxygens (including phenoxy) is 1. The minimum Gasteiger partial charge on any atom is -0.490 e. The van der Waals surface area contributed by atoms with Gasteiger partial charge in [0.2, 0.25) is 0 Å². The second-order valence-corrected chi connectivity index (χ2v) is 6.17. The van der Waals surface area contributed by atoms with Crippen LogP contribution in [0.25, 0.3) is 0 Å². The van der Waals surface area contributed by atoms with Gasteiger partial charge in [0, 0.05) is 11.8 Å². The van der Waals surface area contributed by atoms with Crippen molar-refractivity contribution in [3.63, 3.8) is 0 Å². The van der Waals surface area contributed by atoms with E-state index in [1.165, 1.54) is 5.56 Å². The van der Waals surface area contributed by atoms with Crippen molar-refractivity contribution in [2.24, 2.45) is 11.3 Å². The van der Waals surface area contributed by atoms with Gasteiger partial charge in [-0.2, -0.15) is 0 Å². The maximum absolute atomic E-state index is 9.69. The minimum absolute atomic E-state index is 0.0118. The standard InChI is InChI=1S/C16H24O3/c1-12(2)8-16(10-17,11-18)9-14-7-13-5-3-4-6-15(13)19-14/h3-6,12,14,17-18H,7-11H2,1-2H3. The Labute approximate surface area is 115 Å². The summed E-state index contributed by atoms with van der Waals surface area (Å²) < 4.78 is 5.93. The lowest BCUT2D eigenvalue weighted by Gasteiger charge is -2.33. The van der Waals surface area contributed by atoms with E-state index in [2.05, 4.69) is 19.9 Å². The quantitative estimate of drug-likeness (QED) is 0.829. The molecule has 2 N–H and O–H groups in total. The molecule has 1 aromatic carbocycles. The van der Waals surface area contributed by atoms with Crippen LogP contribution < -0.4 is 4.74 Å². The highest BCUT2D eigenvalue weighted by molar-refractivity contribution is 5.37. The van der Waals surface area contributed by atoms with Crippen molar-refractivity contribution in [2.75, 3.05) is 13.2 Å². The van der Waals surface area contributed by atoms with Gasteiger partial charge in [0.15, 0.2) is 0 Å². The van der Waals surface area contributed by atoms with Crippen molar-refractivity contribution in [3.05, 3.63) is 29.8 Å². The minimum atomic E-state index is -0.430. The van der Waals surface area contributed by atoms with Crippen LogP contribution in [0.1, 0.15) is 32.3 Å². The highest BCUT2D eigenvalue weighted by Crippen LogP contribution is 2.37. The second-order valence-electron chi connectivity index (χ2n) is 6.17. The number of rotatable bonds is 6. The smallest absolute Gasteiger partial charge is 0.123 e. The number of hydrogen-bond acceptors (Lipinski definition) is 3. The van der Waals surface area contributed by atoms with E-state index >= 15 is 0 Å². The molecule has 1 aliphatic heterocycles. The van der Waals surface area contributed by atoms with Gasteiger partial charge < -0.3 is 14.9 Å². The predicted octanol–water partition coefficient (Wildman–Crippen LogP) is 2.40. The summed E-state index contributed by atoms with van der Waals surface area (Å²) in [6.07, 6.45) is 2.45. The Balaban J connectivity index is 2.04. The molecule has 1 heterocycles. The van der Waals surface area contributed by atoms with E-state index in [4.69, 9.17) is 4.74 Å². The van der Waals surface area contributed by atoms with E-state index < -0.39 is 5.41 Å². The van der Waals surface area contributed by atoms with Crippen LogP contribution in [0.15, 0.2) is 24.3 Å². The molecule has 1 unspecified atom stereocenters. The Hall–Kier alpha value is -1.06. The molecule has 106 valence electrons. The molecule has 0 saturated carbocycles. The second kappa shape index (κ2) is 5.93. The maximum Gasteiger partial charge on any atom is 0.123 e. The molecule has 19 heavy (non-hydrogen) atoms. The molecule has 0 radical (unpaired) electrons. The highest BCUT2D eigenvalue weighted by atomic mass is 16.5. The topological polar surface area (TPSA) is 49.7 Å². The van der Waals surface area contributed by atoms with Crippen LogP contribution in [-0.2, 0) is 6.42 Å². The molecule has 0 spiro atoms. The number of aliphatic hydroxyl groups excluding tert-OH is 2. The molecular formula is C16H24O3. The molecule has 3 nitrogen and oxygen atoms in total. The number of fused-ring (bicyclic) bond motifs is 1. The van der Waals surface area contributed by atoms with Gasteiger partial charge in [-0.3, -0.25) is 0 Å². The first kappa shape index (κ1) is 14.4. The molecule has 1 aliphatic rings. The Kier molecular flexibility index (Phi) is 4.48. The summed E-state index contributed by atoms with van der Waals surface area (Å²) in [5, 5.41) is 19.4. The third-order valence-corrected chi connectivity index (χ3v) is 3.89. The Morgan fingerprint density at radius 3 is 2.53 bits per heavy atom. The zero-order valence-corrected chi connectivity index (χ0v) is 11.8. The van der Waals surface area contributed by atoms with Crippen molar-refractivity contribution in [2.45, 2.75) is 39.2 Å².